The zero-order valence-electron chi connectivity index (χ0n) is 9.61. The molecular formula is C12H14ClN3O2. The van der Waals surface area contributed by atoms with Crippen molar-refractivity contribution in [2.45, 2.75) is 12.5 Å². The highest BCUT2D eigenvalue weighted by Gasteiger charge is 2.37. The molecule has 1 aliphatic carbocycles. The molecule has 96 valence electrons. The minimum Gasteiger partial charge on any atom is -0.481 e. The summed E-state index contributed by atoms with van der Waals surface area (Å²) < 4.78 is 0. The molecule has 3 atom stereocenters. The molecule has 3 unspecified atom stereocenters. The monoisotopic (exact) mass is 267 g/mol. The Morgan fingerprint density at radius 1 is 1.50 bits per heavy atom. The number of rotatable bonds is 1. The highest BCUT2D eigenvalue weighted by atomic mass is 35.5. The van der Waals surface area contributed by atoms with Crippen molar-refractivity contribution in [3.63, 3.8) is 0 Å². The van der Waals surface area contributed by atoms with E-state index >= 15 is 0 Å². The topological polar surface area (TPSA) is 74.0 Å². The number of fused-ring (bicyclic) bond motifs is 3. The number of piperidine rings is 1. The molecule has 3 aliphatic rings. The molecule has 18 heavy (non-hydrogen) atoms. The summed E-state index contributed by atoms with van der Waals surface area (Å²) in [6.07, 6.45) is 8.14. The largest absolute Gasteiger partial charge is 0.481 e. The molecule has 0 aromatic heterocycles. The van der Waals surface area contributed by atoms with Crippen LogP contribution in [0.5, 0.6) is 0 Å². The van der Waals surface area contributed by atoms with Crippen LogP contribution in [0.3, 0.4) is 0 Å². The van der Waals surface area contributed by atoms with E-state index in [-0.39, 0.29) is 30.3 Å². The second-order valence-electron chi connectivity index (χ2n) is 4.52. The van der Waals surface area contributed by atoms with Crippen molar-refractivity contribution < 1.29 is 9.90 Å². The van der Waals surface area contributed by atoms with E-state index in [9.17, 15) is 4.79 Å². The average Bonchev–Trinajstić information content (AvgIpc) is 2.71. The highest BCUT2D eigenvalue weighted by Crippen LogP contribution is 2.28. The molecule has 2 N–H and O–H groups in total. The van der Waals surface area contributed by atoms with Gasteiger partial charge in [-0.15, -0.1) is 12.4 Å². The fourth-order valence-electron chi connectivity index (χ4n) is 2.59. The SMILES string of the molecule is Cl.O=C(O)C1CNC2C3=NC=NC3=CC=CC2C1. The molecule has 3 rings (SSSR count). The van der Waals surface area contributed by atoms with Gasteiger partial charge in [-0.1, -0.05) is 12.2 Å². The number of carboxylic acids is 1. The van der Waals surface area contributed by atoms with Gasteiger partial charge >= 0.3 is 5.97 Å². The number of halogens is 1. The predicted octanol–water partition coefficient (Wildman–Crippen LogP) is 1.02. The number of allylic oxidation sites excluding steroid dienone is 2. The van der Waals surface area contributed by atoms with Gasteiger partial charge in [-0.25, -0.2) is 9.98 Å². The first-order valence-corrected chi connectivity index (χ1v) is 5.71. The molecule has 5 nitrogen and oxygen atoms in total. The Morgan fingerprint density at radius 2 is 2.33 bits per heavy atom. The number of carboxylic acid groups (broad SMARTS) is 1. The molecule has 0 amide bonds. The lowest BCUT2D eigenvalue weighted by atomic mass is 9.82. The predicted molar refractivity (Wildman–Crippen MR) is 71.4 cm³/mol. The normalized spacial score (nSPS) is 32.6. The van der Waals surface area contributed by atoms with Gasteiger partial charge in [0.1, 0.15) is 6.34 Å². The number of nitrogens with one attached hydrogen (secondary N) is 1. The van der Waals surface area contributed by atoms with Gasteiger partial charge < -0.3 is 10.4 Å². The standard InChI is InChI=1S/C12H13N3O2.ClH/c16-12(17)8-4-7-2-1-3-9-11(15-6-14-9)10(7)13-5-8;/h1-3,6-8,10,13H,4-5H2,(H,16,17);1H. The molecule has 0 aromatic carbocycles. The lowest BCUT2D eigenvalue weighted by molar-refractivity contribution is -0.142. The second kappa shape index (κ2) is 5.04. The van der Waals surface area contributed by atoms with E-state index in [4.69, 9.17) is 5.11 Å². The van der Waals surface area contributed by atoms with Crippen LogP contribution in [0.4, 0.5) is 0 Å². The van der Waals surface area contributed by atoms with Crippen molar-refractivity contribution >= 4 is 30.4 Å². The Labute approximate surface area is 111 Å². The first-order chi connectivity index (χ1) is 8.25. The molecular weight excluding hydrogens is 254 g/mol. The van der Waals surface area contributed by atoms with Gasteiger partial charge in [0.25, 0.3) is 0 Å². The quantitative estimate of drug-likeness (QED) is 0.745. The minimum atomic E-state index is -0.730. The number of hydrogen-bond donors (Lipinski definition) is 2. The van der Waals surface area contributed by atoms with Gasteiger partial charge in [-0.3, -0.25) is 4.79 Å². The Hall–Kier alpha value is -1.46. The summed E-state index contributed by atoms with van der Waals surface area (Å²) in [7, 11) is 0. The van der Waals surface area contributed by atoms with Crippen molar-refractivity contribution in [3.05, 3.63) is 23.9 Å². The molecule has 0 radical (unpaired) electrons. The van der Waals surface area contributed by atoms with Gasteiger partial charge in [0, 0.05) is 6.54 Å². The third-order valence-electron chi connectivity index (χ3n) is 3.48. The van der Waals surface area contributed by atoms with Crippen LogP contribution in [0.15, 0.2) is 33.9 Å². The maximum atomic E-state index is 11.0. The summed E-state index contributed by atoms with van der Waals surface area (Å²) >= 11 is 0. The zero-order chi connectivity index (χ0) is 11.8. The van der Waals surface area contributed by atoms with Crippen LogP contribution in [0.25, 0.3) is 0 Å². The molecule has 0 aromatic rings. The Kier molecular flexibility index (Phi) is 3.63. The fourth-order valence-corrected chi connectivity index (χ4v) is 2.59. The van der Waals surface area contributed by atoms with Crippen LogP contribution in [-0.4, -0.2) is 35.7 Å². The van der Waals surface area contributed by atoms with Gasteiger partial charge in [0.2, 0.25) is 0 Å². The van der Waals surface area contributed by atoms with E-state index in [1.165, 1.54) is 0 Å². The summed E-state index contributed by atoms with van der Waals surface area (Å²) in [4.78, 5) is 19.5. The smallest absolute Gasteiger partial charge is 0.307 e. The Morgan fingerprint density at radius 3 is 3.11 bits per heavy atom. The second-order valence-corrected chi connectivity index (χ2v) is 4.52. The van der Waals surface area contributed by atoms with Crippen molar-refractivity contribution in [2.75, 3.05) is 6.54 Å². The van der Waals surface area contributed by atoms with E-state index in [1.807, 2.05) is 12.2 Å². The number of carbonyl (C=O) groups is 1. The van der Waals surface area contributed by atoms with Crippen LogP contribution in [0, 0.1) is 11.8 Å². The van der Waals surface area contributed by atoms with Gasteiger partial charge in [0.15, 0.2) is 0 Å². The van der Waals surface area contributed by atoms with Crippen molar-refractivity contribution in [2.24, 2.45) is 21.8 Å². The van der Waals surface area contributed by atoms with Crippen molar-refractivity contribution in [1.82, 2.24) is 5.32 Å². The molecule has 0 saturated carbocycles. The summed E-state index contributed by atoms with van der Waals surface area (Å²) in [5.41, 5.74) is 1.82. The third-order valence-corrected chi connectivity index (χ3v) is 3.48. The number of hydrogen-bond acceptors (Lipinski definition) is 4. The fraction of sp³-hybridized carbons (Fsp3) is 0.417. The molecule has 2 aliphatic heterocycles. The summed E-state index contributed by atoms with van der Waals surface area (Å²) in [5.74, 6) is -0.865. The molecule has 0 spiro atoms. The van der Waals surface area contributed by atoms with Crippen LogP contribution >= 0.6 is 12.4 Å². The van der Waals surface area contributed by atoms with Crippen LogP contribution < -0.4 is 5.32 Å². The number of nitrogens with zero attached hydrogens (tertiary/aromatic N) is 2. The molecule has 1 saturated heterocycles. The molecule has 2 heterocycles. The first kappa shape index (κ1) is 13.0. The van der Waals surface area contributed by atoms with Gasteiger partial charge in [0.05, 0.1) is 23.4 Å². The van der Waals surface area contributed by atoms with E-state index in [0.717, 1.165) is 11.4 Å². The van der Waals surface area contributed by atoms with Crippen LogP contribution in [0.2, 0.25) is 0 Å². The third kappa shape index (κ3) is 2.11. The highest BCUT2D eigenvalue weighted by molar-refractivity contribution is 6.11. The van der Waals surface area contributed by atoms with Crippen molar-refractivity contribution in [3.8, 4) is 0 Å². The lowest BCUT2D eigenvalue weighted by Crippen LogP contribution is -2.50. The number of aliphatic imine (C=N–C) groups is 2. The minimum absolute atomic E-state index is 0. The maximum absolute atomic E-state index is 11.0. The summed E-state index contributed by atoms with van der Waals surface area (Å²) in [6.45, 7) is 0.497. The van der Waals surface area contributed by atoms with Gasteiger partial charge in [-0.05, 0) is 18.4 Å². The zero-order valence-corrected chi connectivity index (χ0v) is 10.4. The molecule has 1 fully saturated rings. The molecule has 0 bridgehead atoms. The van der Waals surface area contributed by atoms with Crippen LogP contribution in [-0.2, 0) is 4.79 Å². The van der Waals surface area contributed by atoms with E-state index in [1.54, 1.807) is 6.34 Å². The lowest BCUT2D eigenvalue weighted by Gasteiger charge is -2.33. The van der Waals surface area contributed by atoms with E-state index < -0.39 is 5.97 Å². The van der Waals surface area contributed by atoms with Crippen molar-refractivity contribution in [1.29, 1.82) is 0 Å². The van der Waals surface area contributed by atoms with E-state index in [0.29, 0.717) is 13.0 Å². The summed E-state index contributed by atoms with van der Waals surface area (Å²) in [6, 6.07) is 0.0955. The average molecular weight is 268 g/mol. The number of aliphatic carboxylic acids is 1. The van der Waals surface area contributed by atoms with E-state index in [2.05, 4.69) is 21.4 Å². The molecule has 6 heteroatoms. The first-order valence-electron chi connectivity index (χ1n) is 5.71. The maximum Gasteiger partial charge on any atom is 0.307 e. The Balaban J connectivity index is 0.00000120. The van der Waals surface area contributed by atoms with Crippen LogP contribution in [0.1, 0.15) is 6.42 Å². The summed E-state index contributed by atoms with van der Waals surface area (Å²) in [5, 5.41) is 12.3. The Bertz CT molecular complexity index is 482. The van der Waals surface area contributed by atoms with Gasteiger partial charge in [-0.2, -0.15) is 0 Å².